The summed E-state index contributed by atoms with van der Waals surface area (Å²) >= 11 is 2.61. The van der Waals surface area contributed by atoms with Crippen LogP contribution >= 0.6 is 34.4 Å². The van der Waals surface area contributed by atoms with Gasteiger partial charge < -0.3 is 0 Å². The van der Waals surface area contributed by atoms with E-state index in [4.69, 9.17) is 0 Å². The van der Waals surface area contributed by atoms with Crippen molar-refractivity contribution in [3.05, 3.63) is 54.1 Å². The Hall–Kier alpha value is -0.950. The number of thioether (sulfide) groups is 1. The molecule has 0 saturated heterocycles. The Labute approximate surface area is 121 Å². The molecule has 0 fully saturated rings. The minimum Gasteiger partial charge on any atom is -0.275 e. The highest BCUT2D eigenvalue weighted by Gasteiger charge is 2.08. The van der Waals surface area contributed by atoms with Gasteiger partial charge in [0, 0.05) is 33.0 Å². The highest BCUT2D eigenvalue weighted by molar-refractivity contribution is 14.1. The average molecular weight is 376 g/mol. The summed E-state index contributed by atoms with van der Waals surface area (Å²) in [6, 6.07) is 10.2. The molecule has 2 aromatic rings. The van der Waals surface area contributed by atoms with Gasteiger partial charge >= 0.3 is 0 Å². The van der Waals surface area contributed by atoms with Crippen LogP contribution < -0.4 is 0 Å². The monoisotopic (exact) mass is 376 g/mol. The minimum atomic E-state index is -0.427. The molecule has 0 N–H and O–H groups in total. The second kappa shape index (κ2) is 5.79. The second-order valence-corrected chi connectivity index (χ2v) is 6.25. The lowest BCUT2D eigenvalue weighted by Gasteiger charge is -2.05. The third kappa shape index (κ3) is 3.29. The van der Waals surface area contributed by atoms with Crippen LogP contribution in [-0.2, 0) is 0 Å². The van der Waals surface area contributed by atoms with Crippen LogP contribution in [0.25, 0.3) is 11.1 Å². The van der Waals surface area contributed by atoms with Gasteiger partial charge in [-0.1, -0.05) is 18.2 Å². The first kappa shape index (κ1) is 13.5. The van der Waals surface area contributed by atoms with Crippen molar-refractivity contribution >= 4 is 37.5 Å². The molecule has 0 aliphatic rings. The Morgan fingerprint density at radius 2 is 1.72 bits per heavy atom. The molecular formula is C13H7F2IOS. The number of halogens is 3. The zero-order valence-corrected chi connectivity index (χ0v) is 12.0. The molecule has 0 atom stereocenters. The lowest BCUT2D eigenvalue weighted by molar-refractivity contribution is 0.278. The summed E-state index contributed by atoms with van der Waals surface area (Å²) in [5.41, 5.74) is 0.992. The van der Waals surface area contributed by atoms with Gasteiger partial charge in [-0.2, -0.15) is 0 Å². The van der Waals surface area contributed by atoms with Gasteiger partial charge in [0.2, 0.25) is 0 Å². The fourth-order valence-corrected chi connectivity index (χ4v) is 2.76. The van der Waals surface area contributed by atoms with Gasteiger partial charge in [0.05, 0.1) is 0 Å². The van der Waals surface area contributed by atoms with Crippen LogP contribution in [0.2, 0.25) is 0 Å². The zero-order valence-electron chi connectivity index (χ0n) is 8.99. The van der Waals surface area contributed by atoms with Crippen LogP contribution in [-0.4, -0.2) is 3.12 Å². The highest BCUT2D eigenvalue weighted by atomic mass is 127. The molecule has 2 rings (SSSR count). The van der Waals surface area contributed by atoms with E-state index in [1.807, 2.05) is 0 Å². The normalized spacial score (nSPS) is 10.4. The van der Waals surface area contributed by atoms with Crippen LogP contribution in [0.5, 0.6) is 0 Å². The molecule has 0 saturated carbocycles. The Bertz CT molecular complexity index is 584. The SMILES string of the molecule is O=C(I)Sc1ccc(-c2ccc(F)cc2)c(F)c1. The molecule has 5 heteroatoms. The molecule has 0 amide bonds. The first-order chi connectivity index (χ1) is 8.56. The van der Waals surface area contributed by atoms with E-state index in [0.29, 0.717) is 16.0 Å². The van der Waals surface area contributed by atoms with Crippen molar-refractivity contribution in [3.8, 4) is 11.1 Å². The topological polar surface area (TPSA) is 17.1 Å². The number of hydrogen-bond donors (Lipinski definition) is 0. The standard InChI is InChI=1S/C13H7F2IOS/c14-9-3-1-8(2-4-9)11-6-5-10(7-12(11)15)18-13(16)17/h1-7H. The molecule has 0 unspecified atom stereocenters. The maximum absolute atomic E-state index is 13.9. The van der Waals surface area contributed by atoms with E-state index < -0.39 is 5.82 Å². The van der Waals surface area contributed by atoms with Gasteiger partial charge in [0.25, 0.3) is 3.12 Å². The van der Waals surface area contributed by atoms with Crippen molar-refractivity contribution in [2.45, 2.75) is 4.90 Å². The molecule has 18 heavy (non-hydrogen) atoms. The summed E-state index contributed by atoms with van der Waals surface area (Å²) in [6.45, 7) is 0. The summed E-state index contributed by atoms with van der Waals surface area (Å²) in [7, 11) is 0. The van der Waals surface area contributed by atoms with Crippen LogP contribution in [0.15, 0.2) is 47.4 Å². The summed E-state index contributed by atoms with van der Waals surface area (Å²) in [5.74, 6) is -0.786. The number of carbonyl (C=O) groups excluding carboxylic acids is 1. The van der Waals surface area contributed by atoms with Gasteiger partial charge in [-0.25, -0.2) is 8.78 Å². The van der Waals surface area contributed by atoms with Gasteiger partial charge in [0.1, 0.15) is 11.6 Å². The van der Waals surface area contributed by atoms with E-state index in [-0.39, 0.29) is 8.94 Å². The number of carbonyl (C=O) groups is 1. The molecule has 0 heterocycles. The van der Waals surface area contributed by atoms with Crippen molar-refractivity contribution in [1.82, 2.24) is 0 Å². The molecule has 0 spiro atoms. The third-order valence-electron chi connectivity index (χ3n) is 2.29. The van der Waals surface area contributed by atoms with Crippen molar-refractivity contribution in [1.29, 1.82) is 0 Å². The molecule has 0 bridgehead atoms. The third-order valence-corrected chi connectivity index (χ3v) is 3.60. The van der Waals surface area contributed by atoms with Crippen LogP contribution in [0, 0.1) is 11.6 Å². The predicted octanol–water partition coefficient (Wildman–Crippen LogP) is 5.28. The second-order valence-electron chi connectivity index (χ2n) is 3.49. The molecule has 92 valence electrons. The number of hydrogen-bond acceptors (Lipinski definition) is 2. The van der Waals surface area contributed by atoms with Crippen LogP contribution in [0.3, 0.4) is 0 Å². The van der Waals surface area contributed by atoms with Crippen LogP contribution in [0.4, 0.5) is 13.6 Å². The minimum absolute atomic E-state index is 0.124. The van der Waals surface area contributed by atoms with Crippen LogP contribution in [0.1, 0.15) is 0 Å². The molecule has 1 nitrogen and oxygen atoms in total. The van der Waals surface area contributed by atoms with Gasteiger partial charge in [-0.05, 0) is 41.6 Å². The zero-order chi connectivity index (χ0) is 13.1. The maximum atomic E-state index is 13.9. The van der Waals surface area contributed by atoms with Gasteiger partial charge in [-0.3, -0.25) is 4.79 Å². The van der Waals surface area contributed by atoms with Crippen molar-refractivity contribution in [2.75, 3.05) is 0 Å². The van der Waals surface area contributed by atoms with E-state index in [1.54, 1.807) is 34.7 Å². The molecule has 0 aliphatic heterocycles. The van der Waals surface area contributed by atoms with E-state index in [1.165, 1.54) is 30.3 Å². The van der Waals surface area contributed by atoms with E-state index in [9.17, 15) is 13.6 Å². The Kier molecular flexibility index (Phi) is 4.34. The molecule has 0 aliphatic carbocycles. The number of benzene rings is 2. The largest absolute Gasteiger partial charge is 0.275 e. The molecule has 0 aromatic heterocycles. The highest BCUT2D eigenvalue weighted by Crippen LogP contribution is 2.29. The smallest absolute Gasteiger partial charge is 0.253 e. The average Bonchev–Trinajstić information content (AvgIpc) is 2.30. The summed E-state index contributed by atoms with van der Waals surface area (Å²) < 4.78 is 26.5. The lowest BCUT2D eigenvalue weighted by Crippen LogP contribution is -1.86. The molecule has 0 radical (unpaired) electrons. The molecule has 2 aromatic carbocycles. The van der Waals surface area contributed by atoms with Crippen molar-refractivity contribution in [3.63, 3.8) is 0 Å². The predicted molar refractivity (Wildman–Crippen MR) is 77.1 cm³/mol. The van der Waals surface area contributed by atoms with E-state index >= 15 is 0 Å². The summed E-state index contributed by atoms with van der Waals surface area (Å²) in [6.07, 6.45) is 0. The van der Waals surface area contributed by atoms with Crippen molar-refractivity contribution < 1.29 is 13.6 Å². The van der Waals surface area contributed by atoms with Gasteiger partial charge in [-0.15, -0.1) is 0 Å². The fourth-order valence-electron chi connectivity index (χ4n) is 1.52. The van der Waals surface area contributed by atoms with E-state index in [2.05, 4.69) is 0 Å². The lowest BCUT2D eigenvalue weighted by atomic mass is 10.1. The quantitative estimate of drug-likeness (QED) is 0.403. The summed E-state index contributed by atoms with van der Waals surface area (Å²) in [4.78, 5) is 11.5. The summed E-state index contributed by atoms with van der Waals surface area (Å²) in [5, 5.41) is 0. The van der Waals surface area contributed by atoms with Gasteiger partial charge in [0.15, 0.2) is 0 Å². The first-order valence-corrected chi connectivity index (χ1v) is 6.88. The fraction of sp³-hybridized carbons (Fsp3) is 0. The first-order valence-electron chi connectivity index (χ1n) is 4.99. The maximum Gasteiger partial charge on any atom is 0.253 e. The number of rotatable bonds is 2. The van der Waals surface area contributed by atoms with E-state index in [0.717, 1.165) is 11.8 Å². The van der Waals surface area contributed by atoms with Crippen molar-refractivity contribution in [2.24, 2.45) is 0 Å². The Balaban J connectivity index is 2.35. The molecular weight excluding hydrogens is 369 g/mol. The Morgan fingerprint density at radius 1 is 1.06 bits per heavy atom. The Morgan fingerprint density at radius 3 is 2.28 bits per heavy atom.